The molecule has 1 saturated carbocycles. The van der Waals surface area contributed by atoms with Gasteiger partial charge in [-0.1, -0.05) is 6.42 Å². The van der Waals surface area contributed by atoms with Crippen LogP contribution in [0.2, 0.25) is 0 Å². The van der Waals surface area contributed by atoms with Gasteiger partial charge in [0.05, 0.1) is 0 Å². The third kappa shape index (κ3) is 1.89. The Morgan fingerprint density at radius 2 is 2.00 bits per heavy atom. The second kappa shape index (κ2) is 3.97. The summed E-state index contributed by atoms with van der Waals surface area (Å²) in [6, 6.07) is 0.806. The van der Waals surface area contributed by atoms with E-state index in [1.165, 1.54) is 38.8 Å². The van der Waals surface area contributed by atoms with Crippen molar-refractivity contribution in [1.29, 1.82) is 0 Å². The quantitative estimate of drug-likeness (QED) is 0.716. The van der Waals surface area contributed by atoms with Crippen LogP contribution in [0.15, 0.2) is 0 Å². The maximum atomic E-state index is 9.19. The van der Waals surface area contributed by atoms with Crippen molar-refractivity contribution < 1.29 is 5.11 Å². The summed E-state index contributed by atoms with van der Waals surface area (Å²) in [6.07, 6.45) is 5.30. The number of aliphatic hydroxyl groups is 1. The number of likely N-dealkylation sites (tertiary alicyclic amines) is 1. The lowest BCUT2D eigenvalue weighted by Gasteiger charge is -2.41. The maximum absolute atomic E-state index is 9.19. The molecule has 0 aromatic rings. The number of aliphatic hydroxyl groups excluding tert-OH is 1. The molecule has 1 saturated heterocycles. The second-order valence-corrected chi connectivity index (χ2v) is 4.77. The van der Waals surface area contributed by atoms with Crippen molar-refractivity contribution in [2.45, 2.75) is 38.6 Å². The Kier molecular flexibility index (Phi) is 2.89. The molecule has 76 valence electrons. The van der Waals surface area contributed by atoms with E-state index in [1.54, 1.807) is 0 Å². The maximum Gasteiger partial charge on any atom is 0.0462 e. The van der Waals surface area contributed by atoms with Gasteiger partial charge in [-0.15, -0.1) is 0 Å². The highest BCUT2D eigenvalue weighted by Gasteiger charge is 2.32. The number of nitrogens with zero attached hydrogens (tertiary/aromatic N) is 1. The van der Waals surface area contributed by atoms with Crippen LogP contribution in [-0.4, -0.2) is 35.7 Å². The molecule has 3 unspecified atom stereocenters. The van der Waals surface area contributed by atoms with Crippen molar-refractivity contribution in [2.24, 2.45) is 11.8 Å². The predicted octanol–water partition coefficient (Wildman–Crippen LogP) is 1.49. The summed E-state index contributed by atoms with van der Waals surface area (Å²) in [5.41, 5.74) is 0. The molecule has 1 heterocycles. The first-order valence-corrected chi connectivity index (χ1v) is 5.66. The van der Waals surface area contributed by atoms with E-state index in [1.807, 2.05) is 0 Å². The van der Waals surface area contributed by atoms with Gasteiger partial charge >= 0.3 is 0 Å². The molecule has 2 fully saturated rings. The summed E-state index contributed by atoms with van der Waals surface area (Å²) in [6.45, 7) is 5.25. The van der Waals surface area contributed by atoms with Gasteiger partial charge < -0.3 is 10.0 Å². The van der Waals surface area contributed by atoms with Crippen LogP contribution < -0.4 is 0 Å². The molecule has 13 heavy (non-hydrogen) atoms. The zero-order valence-corrected chi connectivity index (χ0v) is 8.58. The molecule has 1 N–H and O–H groups in total. The first-order chi connectivity index (χ1) is 6.31. The van der Waals surface area contributed by atoms with E-state index in [4.69, 9.17) is 0 Å². The molecule has 2 nitrogen and oxygen atoms in total. The van der Waals surface area contributed by atoms with Crippen molar-refractivity contribution in [2.75, 3.05) is 19.7 Å². The highest BCUT2D eigenvalue weighted by Crippen LogP contribution is 2.33. The first kappa shape index (κ1) is 9.47. The molecule has 0 radical (unpaired) electrons. The summed E-state index contributed by atoms with van der Waals surface area (Å²) < 4.78 is 0. The fraction of sp³-hybridized carbons (Fsp3) is 1.00. The van der Waals surface area contributed by atoms with Gasteiger partial charge in [-0.05, 0) is 44.6 Å². The lowest BCUT2D eigenvalue weighted by molar-refractivity contribution is 0.0651. The molecular formula is C11H21NO. The van der Waals surface area contributed by atoms with E-state index in [0.717, 1.165) is 12.0 Å². The summed E-state index contributed by atoms with van der Waals surface area (Å²) in [4.78, 5) is 2.57. The zero-order valence-electron chi connectivity index (χ0n) is 8.58. The molecule has 2 aliphatic rings. The van der Waals surface area contributed by atoms with Crippen LogP contribution in [-0.2, 0) is 0 Å². The summed E-state index contributed by atoms with van der Waals surface area (Å²) in [5, 5.41) is 9.19. The van der Waals surface area contributed by atoms with Crippen molar-refractivity contribution in [3.05, 3.63) is 0 Å². The van der Waals surface area contributed by atoms with Gasteiger partial charge in [0.25, 0.3) is 0 Å². The molecule has 0 bridgehead atoms. The third-order valence-electron chi connectivity index (χ3n) is 3.98. The van der Waals surface area contributed by atoms with Gasteiger partial charge in [0.2, 0.25) is 0 Å². The van der Waals surface area contributed by atoms with Gasteiger partial charge in [-0.3, -0.25) is 0 Å². The molecule has 0 aromatic carbocycles. The lowest BCUT2D eigenvalue weighted by atomic mass is 9.93. The highest BCUT2D eigenvalue weighted by atomic mass is 16.3. The molecule has 0 amide bonds. The summed E-state index contributed by atoms with van der Waals surface area (Å²) in [7, 11) is 0. The molecule has 1 aliphatic carbocycles. The minimum Gasteiger partial charge on any atom is -0.396 e. The van der Waals surface area contributed by atoms with Crippen molar-refractivity contribution in [1.82, 2.24) is 4.90 Å². The fourth-order valence-electron chi connectivity index (χ4n) is 2.74. The standard InChI is InChI=1S/C11H21NO/c1-9-5-6-12(9)7-10-3-2-4-11(10)8-13/h9-11,13H,2-8H2,1H3. The smallest absolute Gasteiger partial charge is 0.0462 e. The molecular weight excluding hydrogens is 162 g/mol. The normalized spacial score (nSPS) is 40.6. The van der Waals surface area contributed by atoms with Gasteiger partial charge in [-0.25, -0.2) is 0 Å². The van der Waals surface area contributed by atoms with Crippen LogP contribution >= 0.6 is 0 Å². The van der Waals surface area contributed by atoms with Crippen LogP contribution in [0, 0.1) is 11.8 Å². The number of hydrogen-bond acceptors (Lipinski definition) is 2. The Hall–Kier alpha value is -0.0800. The first-order valence-electron chi connectivity index (χ1n) is 5.66. The average molecular weight is 183 g/mol. The largest absolute Gasteiger partial charge is 0.396 e. The van der Waals surface area contributed by atoms with E-state index >= 15 is 0 Å². The minimum atomic E-state index is 0.410. The van der Waals surface area contributed by atoms with Crippen LogP contribution in [0.25, 0.3) is 0 Å². The molecule has 1 aliphatic heterocycles. The van der Waals surface area contributed by atoms with Gasteiger partial charge in [0.15, 0.2) is 0 Å². The van der Waals surface area contributed by atoms with Crippen LogP contribution in [0.5, 0.6) is 0 Å². The average Bonchev–Trinajstić information content (AvgIpc) is 2.58. The van der Waals surface area contributed by atoms with E-state index in [9.17, 15) is 5.11 Å². The van der Waals surface area contributed by atoms with Crippen LogP contribution in [0.1, 0.15) is 32.6 Å². The molecule has 3 atom stereocenters. The van der Waals surface area contributed by atoms with Crippen molar-refractivity contribution in [3.63, 3.8) is 0 Å². The van der Waals surface area contributed by atoms with Crippen LogP contribution in [0.3, 0.4) is 0 Å². The Balaban J connectivity index is 1.79. The van der Waals surface area contributed by atoms with Gasteiger partial charge in [0, 0.05) is 19.2 Å². The Morgan fingerprint density at radius 1 is 1.23 bits per heavy atom. The molecule has 2 rings (SSSR count). The fourth-order valence-corrected chi connectivity index (χ4v) is 2.74. The van der Waals surface area contributed by atoms with Crippen molar-refractivity contribution in [3.8, 4) is 0 Å². The summed E-state index contributed by atoms with van der Waals surface area (Å²) in [5.74, 6) is 1.39. The lowest BCUT2D eigenvalue weighted by Crippen LogP contribution is -2.48. The van der Waals surface area contributed by atoms with E-state index in [0.29, 0.717) is 12.5 Å². The van der Waals surface area contributed by atoms with E-state index in [-0.39, 0.29) is 0 Å². The molecule has 0 spiro atoms. The Bertz CT molecular complexity index is 171. The number of rotatable bonds is 3. The minimum absolute atomic E-state index is 0.410. The monoisotopic (exact) mass is 183 g/mol. The number of hydrogen-bond donors (Lipinski definition) is 1. The van der Waals surface area contributed by atoms with Gasteiger partial charge in [-0.2, -0.15) is 0 Å². The molecule has 2 heteroatoms. The topological polar surface area (TPSA) is 23.5 Å². The summed E-state index contributed by atoms with van der Waals surface area (Å²) >= 11 is 0. The van der Waals surface area contributed by atoms with Gasteiger partial charge in [0.1, 0.15) is 0 Å². The Labute approximate surface area is 80.9 Å². The second-order valence-electron chi connectivity index (χ2n) is 4.77. The SMILES string of the molecule is CC1CCN1CC1CCCC1CO. The van der Waals surface area contributed by atoms with E-state index in [2.05, 4.69) is 11.8 Å². The zero-order chi connectivity index (χ0) is 9.26. The van der Waals surface area contributed by atoms with E-state index < -0.39 is 0 Å². The third-order valence-corrected chi connectivity index (χ3v) is 3.98. The predicted molar refractivity (Wildman–Crippen MR) is 53.6 cm³/mol. The Morgan fingerprint density at radius 3 is 2.54 bits per heavy atom. The highest BCUT2D eigenvalue weighted by molar-refractivity contribution is 4.85. The van der Waals surface area contributed by atoms with Crippen LogP contribution in [0.4, 0.5) is 0 Å². The molecule has 0 aromatic heterocycles. The van der Waals surface area contributed by atoms with Crippen molar-refractivity contribution >= 4 is 0 Å².